The fraction of sp³-hybridized carbons (Fsp3) is 0.143. The predicted octanol–water partition coefficient (Wildman–Crippen LogP) is 4.16. The number of halogens is 2. The van der Waals surface area contributed by atoms with Gasteiger partial charge in [0.2, 0.25) is 0 Å². The molecular formula is C14H12BrClN2O3. The van der Waals surface area contributed by atoms with E-state index in [1.165, 1.54) is 12.1 Å². The molecule has 0 aliphatic rings. The molecule has 1 unspecified atom stereocenters. The van der Waals surface area contributed by atoms with Crippen LogP contribution in [-0.4, -0.2) is 16.6 Å². The van der Waals surface area contributed by atoms with Crippen molar-refractivity contribution in [2.45, 2.75) is 6.10 Å². The summed E-state index contributed by atoms with van der Waals surface area (Å²) in [6.45, 7) is 0.274. The van der Waals surface area contributed by atoms with E-state index in [4.69, 9.17) is 11.6 Å². The third-order valence-corrected chi connectivity index (χ3v) is 4.14. The quantitative estimate of drug-likeness (QED) is 0.611. The number of nitro groups is 1. The number of rotatable bonds is 5. The molecule has 0 saturated heterocycles. The number of aliphatic hydroxyl groups is 1. The van der Waals surface area contributed by atoms with Crippen LogP contribution in [0.15, 0.2) is 46.9 Å². The Hall–Kier alpha value is -1.63. The number of hydrogen-bond acceptors (Lipinski definition) is 4. The molecule has 7 heteroatoms. The molecule has 0 aliphatic carbocycles. The van der Waals surface area contributed by atoms with Gasteiger partial charge < -0.3 is 10.4 Å². The van der Waals surface area contributed by atoms with Crippen LogP contribution in [0.2, 0.25) is 5.02 Å². The van der Waals surface area contributed by atoms with Gasteiger partial charge in [-0.2, -0.15) is 0 Å². The molecule has 0 radical (unpaired) electrons. The number of nitro benzene ring substituents is 1. The van der Waals surface area contributed by atoms with Gasteiger partial charge in [0.25, 0.3) is 5.69 Å². The highest BCUT2D eigenvalue weighted by atomic mass is 79.9. The monoisotopic (exact) mass is 370 g/mol. The summed E-state index contributed by atoms with van der Waals surface area (Å²) in [5.41, 5.74) is 1.39. The maximum atomic E-state index is 10.6. The van der Waals surface area contributed by atoms with Gasteiger partial charge in [-0.3, -0.25) is 10.1 Å². The number of aliphatic hydroxyl groups excluding tert-OH is 1. The zero-order valence-electron chi connectivity index (χ0n) is 10.8. The van der Waals surface area contributed by atoms with Gasteiger partial charge in [0.1, 0.15) is 0 Å². The molecule has 0 spiro atoms. The third-order valence-electron chi connectivity index (χ3n) is 2.91. The van der Waals surface area contributed by atoms with Crippen molar-refractivity contribution >= 4 is 38.9 Å². The molecule has 1 atom stereocenters. The average Bonchev–Trinajstić information content (AvgIpc) is 2.48. The van der Waals surface area contributed by atoms with Crippen LogP contribution in [0, 0.1) is 10.1 Å². The average molecular weight is 372 g/mol. The van der Waals surface area contributed by atoms with Crippen molar-refractivity contribution in [3.05, 3.63) is 67.6 Å². The lowest BCUT2D eigenvalue weighted by Crippen LogP contribution is -2.12. The summed E-state index contributed by atoms with van der Waals surface area (Å²) in [5.74, 6) is 0. The van der Waals surface area contributed by atoms with Crippen molar-refractivity contribution < 1.29 is 10.0 Å². The minimum Gasteiger partial charge on any atom is -0.387 e. The predicted molar refractivity (Wildman–Crippen MR) is 85.7 cm³/mol. The molecule has 2 N–H and O–H groups in total. The van der Waals surface area contributed by atoms with E-state index >= 15 is 0 Å². The van der Waals surface area contributed by atoms with Gasteiger partial charge in [-0.1, -0.05) is 11.6 Å². The van der Waals surface area contributed by atoms with Gasteiger partial charge in [-0.05, 0) is 51.8 Å². The van der Waals surface area contributed by atoms with E-state index in [1.54, 1.807) is 18.2 Å². The Balaban J connectivity index is 1.99. The van der Waals surface area contributed by atoms with Crippen molar-refractivity contribution in [2.24, 2.45) is 0 Å². The smallest absolute Gasteiger partial charge is 0.269 e. The van der Waals surface area contributed by atoms with Gasteiger partial charge in [0, 0.05) is 28.8 Å². The molecule has 0 amide bonds. The third kappa shape index (κ3) is 4.17. The van der Waals surface area contributed by atoms with Crippen molar-refractivity contribution in [3.8, 4) is 0 Å². The number of non-ortho nitro benzene ring substituents is 1. The molecule has 2 aromatic rings. The Bertz CT molecular complexity index is 649. The first kappa shape index (κ1) is 15.8. The van der Waals surface area contributed by atoms with Crippen molar-refractivity contribution in [1.82, 2.24) is 0 Å². The summed E-state index contributed by atoms with van der Waals surface area (Å²) >= 11 is 9.28. The normalized spacial score (nSPS) is 12.0. The highest BCUT2D eigenvalue weighted by Gasteiger charge is 2.10. The van der Waals surface area contributed by atoms with Gasteiger partial charge in [0.15, 0.2) is 0 Å². The molecule has 21 heavy (non-hydrogen) atoms. The van der Waals surface area contributed by atoms with Crippen LogP contribution in [0.3, 0.4) is 0 Å². The van der Waals surface area contributed by atoms with Crippen molar-refractivity contribution in [3.63, 3.8) is 0 Å². The molecule has 5 nitrogen and oxygen atoms in total. The van der Waals surface area contributed by atoms with Crippen LogP contribution >= 0.6 is 27.5 Å². The maximum Gasteiger partial charge on any atom is 0.269 e. The van der Waals surface area contributed by atoms with Gasteiger partial charge in [0.05, 0.1) is 16.0 Å². The van der Waals surface area contributed by atoms with E-state index in [9.17, 15) is 15.2 Å². The highest BCUT2D eigenvalue weighted by molar-refractivity contribution is 9.10. The van der Waals surface area contributed by atoms with E-state index in [-0.39, 0.29) is 12.2 Å². The molecule has 0 bridgehead atoms. The molecule has 0 saturated carbocycles. The fourth-order valence-electron chi connectivity index (χ4n) is 1.76. The second kappa shape index (κ2) is 6.89. The lowest BCUT2D eigenvalue weighted by molar-refractivity contribution is -0.384. The van der Waals surface area contributed by atoms with Crippen molar-refractivity contribution in [1.29, 1.82) is 0 Å². The van der Waals surface area contributed by atoms with Gasteiger partial charge in [-0.15, -0.1) is 0 Å². The minimum atomic E-state index is -0.770. The molecule has 2 aromatic carbocycles. The number of nitrogens with one attached hydrogen (secondary N) is 1. The minimum absolute atomic E-state index is 0.00130. The summed E-state index contributed by atoms with van der Waals surface area (Å²) in [6.07, 6.45) is -0.770. The standard InChI is InChI=1S/C14H12BrClN2O3/c15-12-6-3-10(7-13(12)16)17-8-14(19)9-1-4-11(5-2-9)18(20)21/h1-7,14,17,19H,8H2. The van der Waals surface area contributed by atoms with E-state index in [2.05, 4.69) is 21.2 Å². The van der Waals surface area contributed by atoms with Crippen molar-refractivity contribution in [2.75, 3.05) is 11.9 Å². The first-order valence-electron chi connectivity index (χ1n) is 6.08. The van der Waals surface area contributed by atoms with E-state index in [1.807, 2.05) is 12.1 Å². The Morgan fingerprint density at radius 1 is 1.29 bits per heavy atom. The Morgan fingerprint density at radius 3 is 2.52 bits per heavy atom. The second-order valence-electron chi connectivity index (χ2n) is 4.37. The number of anilines is 1. The lowest BCUT2D eigenvalue weighted by atomic mass is 10.1. The van der Waals surface area contributed by atoms with Crippen LogP contribution < -0.4 is 5.32 Å². The van der Waals surface area contributed by atoms with E-state index in [0.29, 0.717) is 10.6 Å². The van der Waals surface area contributed by atoms with Gasteiger partial charge in [-0.25, -0.2) is 0 Å². The molecule has 0 heterocycles. The van der Waals surface area contributed by atoms with Crippen LogP contribution in [0.25, 0.3) is 0 Å². The van der Waals surface area contributed by atoms with Crippen LogP contribution in [0.5, 0.6) is 0 Å². The Kier molecular flexibility index (Phi) is 5.17. The Labute approximate surface area is 134 Å². The summed E-state index contributed by atoms with van der Waals surface area (Å²) < 4.78 is 0.797. The molecule has 0 aliphatic heterocycles. The summed E-state index contributed by atoms with van der Waals surface area (Å²) in [5, 5.41) is 24.3. The zero-order chi connectivity index (χ0) is 15.4. The van der Waals surface area contributed by atoms with Crippen LogP contribution in [0.1, 0.15) is 11.7 Å². The number of nitrogens with zero attached hydrogens (tertiary/aromatic N) is 1. The number of benzene rings is 2. The zero-order valence-corrected chi connectivity index (χ0v) is 13.1. The molecular weight excluding hydrogens is 360 g/mol. The fourth-order valence-corrected chi connectivity index (χ4v) is 2.18. The first-order chi connectivity index (χ1) is 9.97. The largest absolute Gasteiger partial charge is 0.387 e. The second-order valence-corrected chi connectivity index (χ2v) is 5.64. The van der Waals surface area contributed by atoms with Crippen LogP contribution in [0.4, 0.5) is 11.4 Å². The Morgan fingerprint density at radius 2 is 1.95 bits per heavy atom. The molecule has 0 fully saturated rings. The van der Waals surface area contributed by atoms with Crippen LogP contribution in [-0.2, 0) is 0 Å². The summed E-state index contributed by atoms with van der Waals surface area (Å²) in [7, 11) is 0. The number of hydrogen-bond donors (Lipinski definition) is 2. The SMILES string of the molecule is O=[N+]([O-])c1ccc(C(O)CNc2ccc(Br)c(Cl)c2)cc1. The topological polar surface area (TPSA) is 75.4 Å². The lowest BCUT2D eigenvalue weighted by Gasteiger charge is -2.13. The van der Waals surface area contributed by atoms with E-state index < -0.39 is 11.0 Å². The van der Waals surface area contributed by atoms with Gasteiger partial charge >= 0.3 is 0 Å². The highest BCUT2D eigenvalue weighted by Crippen LogP contribution is 2.26. The van der Waals surface area contributed by atoms with E-state index in [0.717, 1.165) is 10.2 Å². The maximum absolute atomic E-state index is 10.6. The molecule has 110 valence electrons. The molecule has 2 rings (SSSR count). The summed E-state index contributed by atoms with van der Waals surface area (Å²) in [4.78, 5) is 10.1. The summed E-state index contributed by atoms with van der Waals surface area (Å²) in [6, 6.07) is 11.2. The first-order valence-corrected chi connectivity index (χ1v) is 7.26. The molecule has 0 aromatic heterocycles.